The lowest BCUT2D eigenvalue weighted by Gasteiger charge is -2.20. The maximum atomic E-state index is 13.1. The molecule has 0 spiro atoms. The van der Waals surface area contributed by atoms with Crippen LogP contribution in [0.3, 0.4) is 0 Å². The number of anilines is 1. The van der Waals surface area contributed by atoms with E-state index < -0.39 is 0 Å². The van der Waals surface area contributed by atoms with Gasteiger partial charge in [-0.2, -0.15) is 0 Å². The molecule has 0 bridgehead atoms. The van der Waals surface area contributed by atoms with Crippen LogP contribution in [0.2, 0.25) is 5.15 Å². The molecule has 0 atom stereocenters. The van der Waals surface area contributed by atoms with Crippen LogP contribution in [-0.2, 0) is 0 Å². The SMILES string of the molecule is O=C1c2c(Cl)ncnc2OCCN1c1ccc2c(ccn2-c2ccccc2)c1. The summed E-state index contributed by atoms with van der Waals surface area (Å²) >= 11 is 6.15. The second kappa shape index (κ2) is 6.65. The summed E-state index contributed by atoms with van der Waals surface area (Å²) in [5.41, 5.74) is 3.13. The summed E-state index contributed by atoms with van der Waals surface area (Å²) in [4.78, 5) is 22.7. The van der Waals surface area contributed by atoms with Gasteiger partial charge < -0.3 is 14.2 Å². The Morgan fingerprint density at radius 3 is 2.71 bits per heavy atom. The number of carbonyl (C=O) groups is 1. The van der Waals surface area contributed by atoms with E-state index in [4.69, 9.17) is 16.3 Å². The topological polar surface area (TPSA) is 60.2 Å². The van der Waals surface area contributed by atoms with Crippen LogP contribution in [0.15, 0.2) is 67.1 Å². The Morgan fingerprint density at radius 2 is 1.86 bits per heavy atom. The van der Waals surface area contributed by atoms with Crippen LogP contribution in [0.25, 0.3) is 16.6 Å². The minimum atomic E-state index is -0.264. The lowest BCUT2D eigenvalue weighted by Crippen LogP contribution is -2.32. The van der Waals surface area contributed by atoms with Crippen LogP contribution in [0.4, 0.5) is 5.69 Å². The molecule has 0 unspecified atom stereocenters. The summed E-state index contributed by atoms with van der Waals surface area (Å²) in [6, 6.07) is 18.1. The number of aromatic nitrogens is 3. The van der Waals surface area contributed by atoms with Gasteiger partial charge in [-0.15, -0.1) is 0 Å². The quantitative estimate of drug-likeness (QED) is 0.483. The smallest absolute Gasteiger partial charge is 0.267 e. The van der Waals surface area contributed by atoms with Crippen molar-refractivity contribution >= 4 is 34.1 Å². The predicted molar refractivity (Wildman–Crippen MR) is 107 cm³/mol. The fraction of sp³-hybridized carbons (Fsp3) is 0.0952. The molecule has 0 aliphatic carbocycles. The van der Waals surface area contributed by atoms with E-state index in [0.717, 1.165) is 22.3 Å². The highest BCUT2D eigenvalue weighted by molar-refractivity contribution is 6.33. The first-order valence-corrected chi connectivity index (χ1v) is 9.22. The molecule has 7 heteroatoms. The molecule has 1 aliphatic rings. The van der Waals surface area contributed by atoms with Crippen LogP contribution in [0, 0.1) is 0 Å². The summed E-state index contributed by atoms with van der Waals surface area (Å²) < 4.78 is 7.72. The first-order valence-electron chi connectivity index (χ1n) is 8.84. The number of hydrogen-bond acceptors (Lipinski definition) is 4. The number of rotatable bonds is 2. The molecular weight excluding hydrogens is 376 g/mol. The van der Waals surface area contributed by atoms with Gasteiger partial charge in [0.1, 0.15) is 23.7 Å². The third-order valence-electron chi connectivity index (χ3n) is 4.80. The second-order valence-electron chi connectivity index (χ2n) is 6.41. The molecule has 138 valence electrons. The van der Waals surface area contributed by atoms with Gasteiger partial charge in [-0.25, -0.2) is 9.97 Å². The Hall–Kier alpha value is -3.38. The van der Waals surface area contributed by atoms with Crippen molar-refractivity contribution in [1.29, 1.82) is 0 Å². The maximum absolute atomic E-state index is 13.1. The largest absolute Gasteiger partial charge is 0.475 e. The number of fused-ring (bicyclic) bond motifs is 2. The Kier molecular flexibility index (Phi) is 3.98. The lowest BCUT2D eigenvalue weighted by molar-refractivity contribution is 0.0989. The molecule has 1 aliphatic heterocycles. The Bertz CT molecular complexity index is 1190. The second-order valence-corrected chi connectivity index (χ2v) is 6.77. The molecule has 2 aromatic heterocycles. The summed E-state index contributed by atoms with van der Waals surface area (Å²) in [7, 11) is 0. The highest BCUT2D eigenvalue weighted by Gasteiger charge is 2.29. The average molecular weight is 391 g/mol. The average Bonchev–Trinajstić information content (AvgIpc) is 3.06. The van der Waals surface area contributed by atoms with Crippen LogP contribution >= 0.6 is 11.6 Å². The molecule has 1 amide bonds. The van der Waals surface area contributed by atoms with E-state index in [9.17, 15) is 4.79 Å². The Labute approximate surface area is 166 Å². The standard InChI is InChI=1S/C21H15ClN4O2/c22-19-18-20(24-13-23-19)28-11-10-26(21(18)27)16-6-7-17-14(12-16)8-9-25(17)15-4-2-1-3-5-15/h1-9,12-13H,10-11H2. The number of ether oxygens (including phenoxy) is 1. The van der Waals surface area contributed by atoms with Gasteiger partial charge in [0.05, 0.1) is 12.1 Å². The van der Waals surface area contributed by atoms with Crippen molar-refractivity contribution in [3.8, 4) is 11.6 Å². The normalized spacial score (nSPS) is 13.9. The number of halogens is 1. The molecule has 0 fully saturated rings. The minimum Gasteiger partial charge on any atom is -0.475 e. The van der Waals surface area contributed by atoms with Crippen molar-refractivity contribution in [1.82, 2.24) is 14.5 Å². The van der Waals surface area contributed by atoms with Crippen LogP contribution < -0.4 is 9.64 Å². The van der Waals surface area contributed by atoms with Gasteiger partial charge in [-0.3, -0.25) is 4.79 Å². The first-order chi connectivity index (χ1) is 13.7. The summed E-state index contributed by atoms with van der Waals surface area (Å²) in [6.45, 7) is 0.728. The van der Waals surface area contributed by atoms with Gasteiger partial charge in [0.2, 0.25) is 5.88 Å². The Balaban J connectivity index is 1.56. The highest BCUT2D eigenvalue weighted by atomic mass is 35.5. The molecule has 0 saturated carbocycles. The van der Waals surface area contributed by atoms with E-state index in [0.29, 0.717) is 13.2 Å². The summed E-state index contributed by atoms with van der Waals surface area (Å²) in [5.74, 6) is -0.0382. The fourth-order valence-corrected chi connectivity index (χ4v) is 3.67. The van der Waals surface area contributed by atoms with Crippen molar-refractivity contribution < 1.29 is 9.53 Å². The van der Waals surface area contributed by atoms with Crippen molar-refractivity contribution in [2.24, 2.45) is 0 Å². The zero-order chi connectivity index (χ0) is 19.1. The molecule has 5 rings (SSSR count). The molecule has 2 aromatic carbocycles. The van der Waals surface area contributed by atoms with Gasteiger partial charge in [0, 0.05) is 23.0 Å². The van der Waals surface area contributed by atoms with Crippen molar-refractivity contribution in [3.05, 3.63) is 77.8 Å². The van der Waals surface area contributed by atoms with Crippen LogP contribution in [0.5, 0.6) is 5.88 Å². The summed E-state index contributed by atoms with van der Waals surface area (Å²) in [5, 5.41) is 1.13. The number of hydrogen-bond donors (Lipinski definition) is 0. The molecule has 0 radical (unpaired) electrons. The molecule has 3 heterocycles. The van der Waals surface area contributed by atoms with Crippen LogP contribution in [0.1, 0.15) is 10.4 Å². The molecule has 0 N–H and O–H groups in total. The van der Waals surface area contributed by atoms with Crippen molar-refractivity contribution in [2.45, 2.75) is 0 Å². The molecule has 6 nitrogen and oxygen atoms in total. The number of nitrogens with zero attached hydrogens (tertiary/aromatic N) is 4. The zero-order valence-electron chi connectivity index (χ0n) is 14.7. The molecule has 0 saturated heterocycles. The van der Waals surface area contributed by atoms with Gasteiger partial charge in [0.15, 0.2) is 0 Å². The van der Waals surface area contributed by atoms with E-state index in [1.165, 1.54) is 6.33 Å². The van der Waals surface area contributed by atoms with Crippen LogP contribution in [-0.4, -0.2) is 33.6 Å². The predicted octanol–water partition coefficient (Wildman–Crippen LogP) is 4.11. The Morgan fingerprint density at radius 1 is 1.00 bits per heavy atom. The summed E-state index contributed by atoms with van der Waals surface area (Å²) in [6.07, 6.45) is 3.32. The zero-order valence-corrected chi connectivity index (χ0v) is 15.5. The van der Waals surface area contributed by atoms with Gasteiger partial charge in [-0.1, -0.05) is 29.8 Å². The van der Waals surface area contributed by atoms with Crippen molar-refractivity contribution in [3.63, 3.8) is 0 Å². The van der Waals surface area contributed by atoms with Gasteiger partial charge in [-0.05, 0) is 36.4 Å². The van der Waals surface area contributed by atoms with Crippen molar-refractivity contribution in [2.75, 3.05) is 18.1 Å². The molecular formula is C21H15ClN4O2. The third kappa shape index (κ3) is 2.70. The van der Waals surface area contributed by atoms with E-state index in [1.54, 1.807) is 4.90 Å². The minimum absolute atomic E-state index is 0.0956. The third-order valence-corrected chi connectivity index (χ3v) is 5.09. The van der Waals surface area contributed by atoms with E-state index in [-0.39, 0.29) is 22.5 Å². The fourth-order valence-electron chi connectivity index (χ4n) is 3.47. The van der Waals surface area contributed by atoms with E-state index in [1.807, 2.05) is 48.7 Å². The first kappa shape index (κ1) is 16.8. The number of amides is 1. The molecule has 28 heavy (non-hydrogen) atoms. The van der Waals surface area contributed by atoms with E-state index >= 15 is 0 Å². The number of carbonyl (C=O) groups excluding carboxylic acids is 1. The maximum Gasteiger partial charge on any atom is 0.267 e. The lowest BCUT2D eigenvalue weighted by atomic mass is 10.2. The molecule has 4 aromatic rings. The number of benzene rings is 2. The number of para-hydroxylation sites is 1. The highest BCUT2D eigenvalue weighted by Crippen LogP contribution is 2.31. The monoisotopic (exact) mass is 390 g/mol. The van der Waals surface area contributed by atoms with E-state index in [2.05, 4.69) is 26.7 Å². The van der Waals surface area contributed by atoms with Gasteiger partial charge >= 0.3 is 0 Å². The van der Waals surface area contributed by atoms with Gasteiger partial charge in [0.25, 0.3) is 5.91 Å².